The number of amides is 1. The summed E-state index contributed by atoms with van der Waals surface area (Å²) < 4.78 is 5.71. The average molecular weight is 280 g/mol. The molecule has 0 saturated carbocycles. The van der Waals surface area contributed by atoms with Crippen LogP contribution in [0.5, 0.6) is 0 Å². The van der Waals surface area contributed by atoms with Gasteiger partial charge in [-0.3, -0.25) is 4.79 Å². The molecule has 0 aromatic heterocycles. The first-order valence-corrected chi connectivity index (χ1v) is 8.45. The van der Waals surface area contributed by atoms with Crippen LogP contribution in [0.2, 0.25) is 0 Å². The minimum absolute atomic E-state index is 0.182. The smallest absolute Gasteiger partial charge is 0.225 e. The van der Waals surface area contributed by atoms with Gasteiger partial charge in [-0.05, 0) is 57.4 Å². The average Bonchev–Trinajstić information content (AvgIpc) is 3.03. The van der Waals surface area contributed by atoms with Crippen molar-refractivity contribution in [3.05, 3.63) is 0 Å². The SMILES string of the molecule is O=C(CC1CCCCO1)N1CCCC(C2CCCN2)C1. The van der Waals surface area contributed by atoms with Gasteiger partial charge in [0, 0.05) is 25.7 Å². The monoisotopic (exact) mass is 280 g/mol. The van der Waals surface area contributed by atoms with Gasteiger partial charge in [-0.2, -0.15) is 0 Å². The van der Waals surface area contributed by atoms with Crippen molar-refractivity contribution in [3.8, 4) is 0 Å². The maximum Gasteiger partial charge on any atom is 0.225 e. The number of carbonyl (C=O) groups is 1. The molecule has 3 atom stereocenters. The molecule has 1 N–H and O–H groups in total. The highest BCUT2D eigenvalue weighted by Gasteiger charge is 2.31. The molecule has 0 aromatic rings. The first kappa shape index (κ1) is 14.3. The number of carbonyl (C=O) groups excluding carboxylic acids is 1. The van der Waals surface area contributed by atoms with Crippen molar-refractivity contribution in [2.24, 2.45) is 5.92 Å². The van der Waals surface area contributed by atoms with Crippen LogP contribution in [0.25, 0.3) is 0 Å². The van der Waals surface area contributed by atoms with Crippen LogP contribution >= 0.6 is 0 Å². The third-order valence-corrected chi connectivity index (χ3v) is 5.15. The summed E-state index contributed by atoms with van der Waals surface area (Å²) in [5.74, 6) is 0.988. The third-order valence-electron chi connectivity index (χ3n) is 5.15. The molecular formula is C16H28N2O2. The van der Waals surface area contributed by atoms with Crippen LogP contribution in [-0.4, -0.2) is 49.2 Å². The van der Waals surface area contributed by atoms with Crippen LogP contribution in [0.4, 0.5) is 0 Å². The van der Waals surface area contributed by atoms with Crippen molar-refractivity contribution >= 4 is 5.91 Å². The van der Waals surface area contributed by atoms with Crippen LogP contribution in [0.1, 0.15) is 51.4 Å². The van der Waals surface area contributed by atoms with Crippen molar-refractivity contribution in [1.82, 2.24) is 10.2 Å². The van der Waals surface area contributed by atoms with E-state index < -0.39 is 0 Å². The van der Waals surface area contributed by atoms with E-state index in [1.165, 1.54) is 32.1 Å². The Morgan fingerprint density at radius 1 is 1.15 bits per heavy atom. The fourth-order valence-electron chi connectivity index (χ4n) is 3.97. The Morgan fingerprint density at radius 3 is 2.85 bits per heavy atom. The van der Waals surface area contributed by atoms with E-state index in [-0.39, 0.29) is 6.10 Å². The fourth-order valence-corrected chi connectivity index (χ4v) is 3.97. The molecule has 114 valence electrons. The standard InChI is InChI=1S/C16H28N2O2/c19-16(11-14-6-1-2-10-20-14)18-9-4-5-13(12-18)15-7-3-8-17-15/h13-15,17H,1-12H2. The molecule has 0 radical (unpaired) electrons. The summed E-state index contributed by atoms with van der Waals surface area (Å²) in [6.07, 6.45) is 9.25. The summed E-state index contributed by atoms with van der Waals surface area (Å²) in [7, 11) is 0. The normalized spacial score (nSPS) is 35.2. The predicted octanol–water partition coefficient (Wildman–Crippen LogP) is 1.94. The molecule has 0 spiro atoms. The number of piperidine rings is 1. The molecule has 4 nitrogen and oxygen atoms in total. The summed E-state index contributed by atoms with van der Waals surface area (Å²) in [5, 5.41) is 3.60. The van der Waals surface area contributed by atoms with E-state index in [1.807, 2.05) is 0 Å². The molecule has 3 aliphatic rings. The van der Waals surface area contributed by atoms with Crippen molar-refractivity contribution in [2.75, 3.05) is 26.2 Å². The van der Waals surface area contributed by atoms with Gasteiger partial charge in [0.15, 0.2) is 0 Å². The molecule has 3 heterocycles. The molecule has 4 heteroatoms. The number of likely N-dealkylation sites (tertiary alicyclic amines) is 1. The molecule has 20 heavy (non-hydrogen) atoms. The van der Waals surface area contributed by atoms with Gasteiger partial charge in [0.25, 0.3) is 0 Å². The van der Waals surface area contributed by atoms with Gasteiger partial charge in [-0.1, -0.05) is 0 Å². The number of hydrogen-bond acceptors (Lipinski definition) is 3. The number of nitrogens with one attached hydrogen (secondary N) is 1. The Morgan fingerprint density at radius 2 is 2.10 bits per heavy atom. The molecule has 3 unspecified atom stereocenters. The van der Waals surface area contributed by atoms with Crippen LogP contribution in [0.3, 0.4) is 0 Å². The number of nitrogens with zero attached hydrogens (tertiary/aromatic N) is 1. The fraction of sp³-hybridized carbons (Fsp3) is 0.938. The van der Waals surface area contributed by atoms with E-state index in [0.29, 0.717) is 24.3 Å². The van der Waals surface area contributed by atoms with Gasteiger partial charge in [0.2, 0.25) is 5.91 Å². The van der Waals surface area contributed by atoms with E-state index in [4.69, 9.17) is 4.74 Å². The van der Waals surface area contributed by atoms with Gasteiger partial charge in [-0.15, -0.1) is 0 Å². The number of ether oxygens (including phenoxy) is 1. The summed E-state index contributed by atoms with van der Waals surface area (Å²) in [6.45, 7) is 3.91. The van der Waals surface area contributed by atoms with Gasteiger partial charge in [-0.25, -0.2) is 0 Å². The maximum absolute atomic E-state index is 12.5. The molecule has 0 aromatic carbocycles. The Balaban J connectivity index is 1.49. The molecule has 3 saturated heterocycles. The first-order chi connectivity index (χ1) is 9.83. The third kappa shape index (κ3) is 3.53. The zero-order valence-electron chi connectivity index (χ0n) is 12.5. The second-order valence-corrected chi connectivity index (χ2v) is 6.64. The van der Waals surface area contributed by atoms with Crippen molar-refractivity contribution < 1.29 is 9.53 Å². The van der Waals surface area contributed by atoms with E-state index in [9.17, 15) is 4.79 Å². The second-order valence-electron chi connectivity index (χ2n) is 6.64. The summed E-state index contributed by atoms with van der Waals surface area (Å²) in [6, 6.07) is 0.650. The Hall–Kier alpha value is -0.610. The van der Waals surface area contributed by atoms with Gasteiger partial charge < -0.3 is 15.0 Å². The second kappa shape index (κ2) is 6.90. The van der Waals surface area contributed by atoms with Gasteiger partial charge >= 0.3 is 0 Å². The molecule has 3 rings (SSSR count). The highest BCUT2D eigenvalue weighted by Crippen LogP contribution is 2.26. The maximum atomic E-state index is 12.5. The highest BCUT2D eigenvalue weighted by molar-refractivity contribution is 5.76. The molecule has 0 aliphatic carbocycles. The van der Waals surface area contributed by atoms with Gasteiger partial charge in [0.1, 0.15) is 0 Å². The molecule has 3 aliphatic heterocycles. The van der Waals surface area contributed by atoms with Crippen LogP contribution in [-0.2, 0) is 9.53 Å². The van der Waals surface area contributed by atoms with Crippen molar-refractivity contribution in [3.63, 3.8) is 0 Å². The topological polar surface area (TPSA) is 41.6 Å². The summed E-state index contributed by atoms with van der Waals surface area (Å²) >= 11 is 0. The Kier molecular flexibility index (Phi) is 4.94. The lowest BCUT2D eigenvalue weighted by Gasteiger charge is -2.36. The Bertz CT molecular complexity index is 322. The van der Waals surface area contributed by atoms with E-state index in [0.717, 1.165) is 39.1 Å². The molecule has 0 bridgehead atoms. The zero-order valence-corrected chi connectivity index (χ0v) is 12.5. The van der Waals surface area contributed by atoms with E-state index in [1.54, 1.807) is 0 Å². The summed E-state index contributed by atoms with van der Waals surface area (Å²) in [5.41, 5.74) is 0. The molecular weight excluding hydrogens is 252 g/mol. The van der Waals surface area contributed by atoms with E-state index in [2.05, 4.69) is 10.2 Å². The highest BCUT2D eigenvalue weighted by atomic mass is 16.5. The number of rotatable bonds is 3. The number of hydrogen-bond donors (Lipinski definition) is 1. The minimum atomic E-state index is 0.182. The van der Waals surface area contributed by atoms with Crippen molar-refractivity contribution in [2.45, 2.75) is 63.5 Å². The molecule has 1 amide bonds. The summed E-state index contributed by atoms with van der Waals surface area (Å²) in [4.78, 5) is 14.6. The van der Waals surface area contributed by atoms with Crippen LogP contribution < -0.4 is 5.32 Å². The molecule has 3 fully saturated rings. The van der Waals surface area contributed by atoms with Crippen LogP contribution in [0.15, 0.2) is 0 Å². The Labute approximate surface area is 122 Å². The lowest BCUT2D eigenvalue weighted by molar-refractivity contribution is -0.137. The van der Waals surface area contributed by atoms with Gasteiger partial charge in [0.05, 0.1) is 12.5 Å². The first-order valence-electron chi connectivity index (χ1n) is 8.45. The lowest BCUT2D eigenvalue weighted by Crippen LogP contribution is -2.46. The minimum Gasteiger partial charge on any atom is -0.378 e. The zero-order chi connectivity index (χ0) is 13.8. The quantitative estimate of drug-likeness (QED) is 0.859. The largest absolute Gasteiger partial charge is 0.378 e. The van der Waals surface area contributed by atoms with Crippen molar-refractivity contribution in [1.29, 1.82) is 0 Å². The van der Waals surface area contributed by atoms with E-state index >= 15 is 0 Å². The lowest BCUT2D eigenvalue weighted by atomic mass is 9.89. The van der Waals surface area contributed by atoms with Crippen LogP contribution in [0, 0.1) is 5.92 Å². The predicted molar refractivity (Wildman–Crippen MR) is 78.5 cm³/mol.